The van der Waals surface area contributed by atoms with Crippen molar-refractivity contribution in [3.63, 3.8) is 0 Å². The largest absolute Gasteiger partial charge is 0.306 e. The number of fused-ring (bicyclic) bond motifs is 4. The van der Waals surface area contributed by atoms with Gasteiger partial charge in [0.15, 0.2) is 0 Å². The Morgan fingerprint density at radius 2 is 1.16 bits per heavy atom. The van der Waals surface area contributed by atoms with Crippen molar-refractivity contribution in [3.05, 3.63) is 0 Å². The van der Waals surface area contributed by atoms with Crippen LogP contribution < -0.4 is 0 Å². The predicted molar refractivity (Wildman–Crippen MR) is 135 cm³/mol. The van der Waals surface area contributed by atoms with Crippen LogP contribution in [0.5, 0.6) is 0 Å². The first-order valence-corrected chi connectivity index (χ1v) is 13.6. The second-order valence-corrected chi connectivity index (χ2v) is 12.1. The lowest BCUT2D eigenvalue weighted by Crippen LogP contribution is -2.25. The molecule has 0 spiro atoms. The summed E-state index contributed by atoms with van der Waals surface area (Å²) >= 11 is 0. The minimum Gasteiger partial charge on any atom is -0.306 e. The van der Waals surface area contributed by atoms with Crippen LogP contribution in [0.3, 0.4) is 0 Å². The van der Waals surface area contributed by atoms with Crippen LogP contribution in [-0.4, -0.2) is 98.6 Å². The fraction of sp³-hybridized carbons (Fsp3) is 1.00. The summed E-state index contributed by atoms with van der Waals surface area (Å²) < 4.78 is 0. The van der Waals surface area contributed by atoms with Gasteiger partial charge in [-0.05, 0) is 115 Å². The van der Waals surface area contributed by atoms with E-state index in [-0.39, 0.29) is 0 Å². The first-order chi connectivity index (χ1) is 14.8. The minimum atomic E-state index is 0.847. The maximum atomic E-state index is 2.61. The average Bonchev–Trinajstić information content (AvgIpc) is 3.54. The quantitative estimate of drug-likeness (QED) is 0.561. The molecule has 0 radical (unpaired) electrons. The molecule has 8 atom stereocenters. The van der Waals surface area contributed by atoms with Gasteiger partial charge in [-0.25, -0.2) is 0 Å². The van der Waals surface area contributed by atoms with E-state index in [4.69, 9.17) is 0 Å². The summed E-state index contributed by atoms with van der Waals surface area (Å²) in [7, 11) is 4.38. The molecule has 0 aromatic carbocycles. The van der Waals surface area contributed by atoms with E-state index in [1.54, 1.807) is 0 Å². The summed E-state index contributed by atoms with van der Waals surface area (Å²) in [6.45, 7) is 21.6. The molecule has 6 saturated heterocycles. The van der Waals surface area contributed by atoms with Gasteiger partial charge in [-0.1, -0.05) is 20.8 Å². The third kappa shape index (κ3) is 7.98. The molecule has 6 aliphatic heterocycles. The van der Waals surface area contributed by atoms with Crippen molar-refractivity contribution in [2.45, 2.75) is 72.3 Å². The van der Waals surface area contributed by atoms with Gasteiger partial charge in [-0.15, -0.1) is 0 Å². The molecule has 182 valence electrons. The number of nitrogens with zero attached hydrogens (tertiary/aromatic N) is 4. The molecule has 0 N–H and O–H groups in total. The zero-order valence-electron chi connectivity index (χ0n) is 21.9. The van der Waals surface area contributed by atoms with Crippen LogP contribution in [0, 0.1) is 29.6 Å². The SMILES string of the molecule is CC1CCCN1C.CC1CCN(C)C1.CC1CN2CCC1C2.CC1CN2CCCC1C2. The van der Waals surface area contributed by atoms with E-state index >= 15 is 0 Å². The summed E-state index contributed by atoms with van der Waals surface area (Å²) in [6.07, 6.45) is 8.62. The van der Waals surface area contributed by atoms with Crippen molar-refractivity contribution < 1.29 is 0 Å². The van der Waals surface area contributed by atoms with Gasteiger partial charge >= 0.3 is 0 Å². The van der Waals surface area contributed by atoms with Crippen molar-refractivity contribution in [1.29, 1.82) is 0 Å². The number of piperidine rings is 2. The van der Waals surface area contributed by atoms with Crippen LogP contribution >= 0.6 is 0 Å². The highest BCUT2D eigenvalue weighted by atomic mass is 15.2. The molecule has 0 saturated carbocycles. The summed E-state index contributed by atoms with van der Waals surface area (Å²) in [5, 5.41) is 0. The molecule has 6 aliphatic rings. The van der Waals surface area contributed by atoms with Crippen LogP contribution in [-0.2, 0) is 0 Å². The Kier molecular flexibility index (Phi) is 10.1. The smallest absolute Gasteiger partial charge is 0.00643 e. The van der Waals surface area contributed by atoms with Gasteiger partial charge in [-0.2, -0.15) is 0 Å². The minimum absolute atomic E-state index is 0.847. The first kappa shape index (κ1) is 25.5. The second kappa shape index (κ2) is 12.3. The Bertz CT molecular complexity index is 491. The lowest BCUT2D eigenvalue weighted by atomic mass is 9.93. The molecule has 4 nitrogen and oxygen atoms in total. The molecule has 6 rings (SSSR count). The van der Waals surface area contributed by atoms with Gasteiger partial charge in [0.2, 0.25) is 0 Å². The van der Waals surface area contributed by atoms with Gasteiger partial charge in [0, 0.05) is 38.8 Å². The van der Waals surface area contributed by atoms with Crippen molar-refractivity contribution in [3.8, 4) is 0 Å². The number of likely N-dealkylation sites (tertiary alicyclic amines) is 2. The normalized spacial score (nSPS) is 43.5. The second-order valence-electron chi connectivity index (χ2n) is 12.1. The summed E-state index contributed by atoms with van der Waals surface area (Å²) in [5.74, 6) is 5.06. The zero-order valence-corrected chi connectivity index (χ0v) is 21.9. The van der Waals surface area contributed by atoms with Gasteiger partial charge in [0.25, 0.3) is 0 Å². The molecule has 0 aliphatic carbocycles. The third-order valence-corrected chi connectivity index (χ3v) is 9.06. The maximum Gasteiger partial charge on any atom is 0.00643 e. The lowest BCUT2D eigenvalue weighted by Gasteiger charge is -2.21. The third-order valence-electron chi connectivity index (χ3n) is 9.06. The van der Waals surface area contributed by atoms with Gasteiger partial charge in [-0.3, -0.25) is 0 Å². The van der Waals surface area contributed by atoms with Crippen molar-refractivity contribution >= 4 is 0 Å². The predicted octanol–water partition coefficient (Wildman–Crippen LogP) is 4.36. The van der Waals surface area contributed by atoms with Crippen LogP contribution in [0.1, 0.15) is 66.2 Å². The monoisotopic (exact) mass is 434 g/mol. The van der Waals surface area contributed by atoms with Crippen molar-refractivity contribution in [2.24, 2.45) is 29.6 Å². The molecule has 0 amide bonds. The number of hydrogen-bond donors (Lipinski definition) is 0. The van der Waals surface area contributed by atoms with Crippen LogP contribution in [0.25, 0.3) is 0 Å². The number of rotatable bonds is 0. The maximum absolute atomic E-state index is 2.61. The molecule has 4 bridgehead atoms. The van der Waals surface area contributed by atoms with E-state index in [0.29, 0.717) is 0 Å². The molecule has 0 aromatic rings. The molecule has 31 heavy (non-hydrogen) atoms. The fourth-order valence-corrected chi connectivity index (χ4v) is 6.56. The molecule has 8 unspecified atom stereocenters. The van der Waals surface area contributed by atoms with Crippen LogP contribution in [0.2, 0.25) is 0 Å². The lowest BCUT2D eigenvalue weighted by molar-refractivity contribution is 0.269. The average molecular weight is 435 g/mol. The summed E-state index contributed by atoms with van der Waals surface area (Å²) in [6, 6.07) is 0.847. The van der Waals surface area contributed by atoms with Crippen molar-refractivity contribution in [2.75, 3.05) is 73.0 Å². The molecule has 6 heterocycles. The fourth-order valence-electron chi connectivity index (χ4n) is 6.56. The summed E-state index contributed by atoms with van der Waals surface area (Å²) in [5.41, 5.74) is 0. The highest BCUT2D eigenvalue weighted by Crippen LogP contribution is 2.32. The molecule has 6 fully saturated rings. The van der Waals surface area contributed by atoms with E-state index in [1.165, 1.54) is 97.4 Å². The Labute approximate surface area is 194 Å². The Hall–Kier alpha value is -0.160. The van der Waals surface area contributed by atoms with Crippen LogP contribution in [0.4, 0.5) is 0 Å². The summed E-state index contributed by atoms with van der Waals surface area (Å²) in [4.78, 5) is 9.97. The molecular formula is C27H54N4. The zero-order chi connectivity index (χ0) is 22.4. The topological polar surface area (TPSA) is 13.0 Å². The first-order valence-electron chi connectivity index (χ1n) is 13.6. The standard InChI is InChI=1S/C8H15N.C7H13N.2C6H13N/c1-7-5-9-4-2-3-8(7)6-9;1-6-4-8-3-2-7(6)5-8;1-6-3-4-7(2)5-6;1-6-4-3-5-7(6)2/h7-8H,2-6H2,1H3;6-7H,2-5H2,1H3;2*6H,3-5H2,1-2H3. The van der Waals surface area contributed by atoms with E-state index in [2.05, 4.69) is 61.4 Å². The number of hydrogen-bond acceptors (Lipinski definition) is 4. The van der Waals surface area contributed by atoms with Gasteiger partial charge in [0.05, 0.1) is 0 Å². The van der Waals surface area contributed by atoms with E-state index in [1.807, 2.05) is 0 Å². The highest BCUT2D eigenvalue weighted by Gasteiger charge is 2.34. The van der Waals surface area contributed by atoms with Gasteiger partial charge in [0.1, 0.15) is 0 Å². The van der Waals surface area contributed by atoms with Crippen molar-refractivity contribution in [1.82, 2.24) is 19.6 Å². The molecule has 0 aromatic heterocycles. The van der Waals surface area contributed by atoms with E-state index in [9.17, 15) is 0 Å². The van der Waals surface area contributed by atoms with E-state index in [0.717, 1.165) is 35.6 Å². The van der Waals surface area contributed by atoms with Crippen LogP contribution in [0.15, 0.2) is 0 Å². The molecular weight excluding hydrogens is 380 g/mol. The van der Waals surface area contributed by atoms with Gasteiger partial charge < -0.3 is 19.6 Å². The molecule has 4 heteroatoms. The highest BCUT2D eigenvalue weighted by molar-refractivity contribution is 4.88. The Morgan fingerprint density at radius 1 is 0.548 bits per heavy atom. The Morgan fingerprint density at radius 3 is 1.48 bits per heavy atom. The van der Waals surface area contributed by atoms with E-state index < -0.39 is 0 Å². The Balaban J connectivity index is 0.000000118.